The summed E-state index contributed by atoms with van der Waals surface area (Å²) < 4.78 is 0. The highest BCUT2D eigenvalue weighted by Crippen LogP contribution is 2.29. The highest BCUT2D eigenvalue weighted by atomic mass is 16.3. The highest BCUT2D eigenvalue weighted by molar-refractivity contribution is 4.81. The third-order valence-electron chi connectivity index (χ3n) is 2.90. The van der Waals surface area contributed by atoms with Gasteiger partial charge in [0.15, 0.2) is 0 Å². The molecular formula is C10H20O2. The predicted octanol–water partition coefficient (Wildman–Crippen LogP) is 1.55. The fraction of sp³-hybridized carbons (Fsp3) is 1.00. The average molecular weight is 172 g/mol. The van der Waals surface area contributed by atoms with Crippen molar-refractivity contribution in [2.75, 3.05) is 0 Å². The van der Waals surface area contributed by atoms with E-state index in [1.54, 1.807) is 0 Å². The van der Waals surface area contributed by atoms with E-state index >= 15 is 0 Å². The normalized spacial score (nSPS) is 33.8. The van der Waals surface area contributed by atoms with Crippen LogP contribution < -0.4 is 0 Å². The van der Waals surface area contributed by atoms with Crippen molar-refractivity contribution in [1.29, 1.82) is 0 Å². The Morgan fingerprint density at radius 3 is 2.25 bits per heavy atom. The number of aliphatic hydroxyl groups excluding tert-OH is 2. The molecule has 0 amide bonds. The van der Waals surface area contributed by atoms with Crippen molar-refractivity contribution in [2.24, 2.45) is 11.8 Å². The first-order valence-corrected chi connectivity index (χ1v) is 4.99. The number of aliphatic hydroxyl groups is 2. The zero-order chi connectivity index (χ0) is 9.14. The van der Waals surface area contributed by atoms with Gasteiger partial charge >= 0.3 is 0 Å². The van der Waals surface area contributed by atoms with Crippen molar-refractivity contribution in [2.45, 2.75) is 51.7 Å². The van der Waals surface area contributed by atoms with E-state index in [9.17, 15) is 10.2 Å². The Bertz CT molecular complexity index is 134. The Kier molecular flexibility index (Phi) is 3.53. The molecule has 2 heteroatoms. The Morgan fingerprint density at radius 2 is 1.75 bits per heavy atom. The zero-order valence-corrected chi connectivity index (χ0v) is 8.03. The molecule has 0 spiro atoms. The molecule has 1 saturated carbocycles. The standard InChI is InChI=1S/C10H20O2/c1-7(2)10(12)8-5-3-4-6-9(8)11/h7-12H,3-6H2,1-2H3/t8-,9-,10+/m1/s1. The summed E-state index contributed by atoms with van der Waals surface area (Å²) in [6.45, 7) is 4.01. The first-order chi connectivity index (χ1) is 5.63. The van der Waals surface area contributed by atoms with Gasteiger partial charge in [0.2, 0.25) is 0 Å². The number of hydrogen-bond acceptors (Lipinski definition) is 2. The van der Waals surface area contributed by atoms with Gasteiger partial charge in [0.25, 0.3) is 0 Å². The molecule has 1 aliphatic rings. The van der Waals surface area contributed by atoms with E-state index in [0.29, 0.717) is 0 Å². The summed E-state index contributed by atoms with van der Waals surface area (Å²) in [5.74, 6) is 0.390. The Hall–Kier alpha value is -0.0800. The van der Waals surface area contributed by atoms with E-state index in [4.69, 9.17) is 0 Å². The Morgan fingerprint density at radius 1 is 1.17 bits per heavy atom. The monoisotopic (exact) mass is 172 g/mol. The van der Waals surface area contributed by atoms with Crippen LogP contribution in [0.15, 0.2) is 0 Å². The van der Waals surface area contributed by atoms with Gasteiger partial charge in [-0.1, -0.05) is 26.7 Å². The molecule has 2 N–H and O–H groups in total. The number of rotatable bonds is 2. The van der Waals surface area contributed by atoms with Crippen molar-refractivity contribution < 1.29 is 10.2 Å². The van der Waals surface area contributed by atoms with Crippen LogP contribution >= 0.6 is 0 Å². The maximum absolute atomic E-state index is 9.76. The maximum atomic E-state index is 9.76. The molecule has 0 aromatic heterocycles. The van der Waals surface area contributed by atoms with Gasteiger partial charge in [-0.05, 0) is 18.8 Å². The van der Waals surface area contributed by atoms with E-state index in [2.05, 4.69) is 0 Å². The molecule has 1 aliphatic carbocycles. The second-order valence-corrected chi connectivity index (χ2v) is 4.25. The first kappa shape index (κ1) is 10.0. The summed E-state index contributed by atoms with van der Waals surface area (Å²) in [6, 6.07) is 0. The van der Waals surface area contributed by atoms with Gasteiger partial charge in [0, 0.05) is 5.92 Å². The minimum Gasteiger partial charge on any atom is -0.393 e. The van der Waals surface area contributed by atoms with E-state index in [1.807, 2.05) is 13.8 Å². The highest BCUT2D eigenvalue weighted by Gasteiger charge is 2.30. The molecule has 0 saturated heterocycles. The molecule has 0 heterocycles. The molecule has 1 rings (SSSR count). The van der Waals surface area contributed by atoms with Crippen LogP contribution in [0.1, 0.15) is 39.5 Å². The summed E-state index contributed by atoms with van der Waals surface area (Å²) in [5, 5.41) is 19.4. The topological polar surface area (TPSA) is 40.5 Å². The van der Waals surface area contributed by atoms with Crippen LogP contribution in [0.25, 0.3) is 0 Å². The van der Waals surface area contributed by atoms with Crippen molar-refractivity contribution >= 4 is 0 Å². The van der Waals surface area contributed by atoms with Gasteiger partial charge in [-0.3, -0.25) is 0 Å². The lowest BCUT2D eigenvalue weighted by atomic mass is 9.79. The van der Waals surface area contributed by atoms with Gasteiger partial charge in [-0.15, -0.1) is 0 Å². The summed E-state index contributed by atoms with van der Waals surface area (Å²) in [4.78, 5) is 0. The first-order valence-electron chi connectivity index (χ1n) is 4.99. The summed E-state index contributed by atoms with van der Waals surface area (Å²) in [5.41, 5.74) is 0. The van der Waals surface area contributed by atoms with Gasteiger partial charge < -0.3 is 10.2 Å². The lowest BCUT2D eigenvalue weighted by Gasteiger charge is -2.33. The van der Waals surface area contributed by atoms with Crippen LogP contribution in [0, 0.1) is 11.8 Å². The van der Waals surface area contributed by atoms with Crippen molar-refractivity contribution in [1.82, 2.24) is 0 Å². The predicted molar refractivity (Wildman–Crippen MR) is 48.8 cm³/mol. The van der Waals surface area contributed by atoms with E-state index in [1.165, 1.54) is 0 Å². The second-order valence-electron chi connectivity index (χ2n) is 4.25. The number of hydrogen-bond donors (Lipinski definition) is 2. The summed E-state index contributed by atoms with van der Waals surface area (Å²) >= 11 is 0. The quantitative estimate of drug-likeness (QED) is 0.663. The molecule has 0 unspecified atom stereocenters. The molecule has 1 fully saturated rings. The molecule has 0 aromatic carbocycles. The third kappa shape index (κ3) is 2.20. The fourth-order valence-electron chi connectivity index (χ4n) is 2.03. The molecule has 3 atom stereocenters. The van der Waals surface area contributed by atoms with Crippen LogP contribution in [-0.4, -0.2) is 22.4 Å². The van der Waals surface area contributed by atoms with Crippen LogP contribution in [0.4, 0.5) is 0 Å². The van der Waals surface area contributed by atoms with Gasteiger partial charge in [-0.2, -0.15) is 0 Å². The average Bonchev–Trinajstić information content (AvgIpc) is 2.04. The molecule has 0 aromatic rings. The molecule has 0 bridgehead atoms. The van der Waals surface area contributed by atoms with E-state index in [0.717, 1.165) is 25.7 Å². The summed E-state index contributed by atoms with van der Waals surface area (Å²) in [6.07, 6.45) is 3.54. The van der Waals surface area contributed by atoms with Crippen LogP contribution in [0.3, 0.4) is 0 Å². The van der Waals surface area contributed by atoms with Gasteiger partial charge in [-0.25, -0.2) is 0 Å². The lowest BCUT2D eigenvalue weighted by Crippen LogP contribution is -2.37. The molecule has 12 heavy (non-hydrogen) atoms. The largest absolute Gasteiger partial charge is 0.393 e. The minimum absolute atomic E-state index is 0.124. The van der Waals surface area contributed by atoms with E-state index in [-0.39, 0.29) is 24.0 Å². The molecule has 0 aliphatic heterocycles. The van der Waals surface area contributed by atoms with Crippen molar-refractivity contribution in [3.63, 3.8) is 0 Å². The molecule has 2 nitrogen and oxygen atoms in total. The Balaban J connectivity index is 2.47. The van der Waals surface area contributed by atoms with Gasteiger partial charge in [0.05, 0.1) is 12.2 Å². The van der Waals surface area contributed by atoms with Crippen molar-refractivity contribution in [3.8, 4) is 0 Å². The Labute approximate surface area is 74.6 Å². The third-order valence-corrected chi connectivity index (χ3v) is 2.90. The SMILES string of the molecule is CC(C)[C@H](O)[C@@H]1CCCC[C@H]1O. The molecular weight excluding hydrogens is 152 g/mol. The zero-order valence-electron chi connectivity index (χ0n) is 8.03. The minimum atomic E-state index is -0.319. The van der Waals surface area contributed by atoms with Crippen LogP contribution in [-0.2, 0) is 0 Å². The van der Waals surface area contributed by atoms with Crippen LogP contribution in [0.2, 0.25) is 0 Å². The second kappa shape index (κ2) is 4.24. The smallest absolute Gasteiger partial charge is 0.0615 e. The van der Waals surface area contributed by atoms with Crippen molar-refractivity contribution in [3.05, 3.63) is 0 Å². The van der Waals surface area contributed by atoms with E-state index < -0.39 is 0 Å². The molecule has 0 radical (unpaired) electrons. The fourth-order valence-corrected chi connectivity index (χ4v) is 2.03. The van der Waals surface area contributed by atoms with Gasteiger partial charge in [0.1, 0.15) is 0 Å². The summed E-state index contributed by atoms with van der Waals surface area (Å²) in [7, 11) is 0. The van der Waals surface area contributed by atoms with Crippen LogP contribution in [0.5, 0.6) is 0 Å². The lowest BCUT2D eigenvalue weighted by molar-refractivity contribution is -0.0320. The maximum Gasteiger partial charge on any atom is 0.0615 e. The molecule has 72 valence electrons.